The molecule has 2 aliphatic rings. The standard InChI is InChI=1S/C14H21NO5S/c1-10(20-14(17)11-5-3-2-4-6-11)13(16)15-12-7-8-21(18,19)9-12/h2-3,10-12H,4-9H2,1H3,(H,15,16)/t10-,11+,12-/m1/s1. The fraction of sp³-hybridized carbons (Fsp3) is 0.714. The van der Waals surface area contributed by atoms with E-state index in [-0.39, 0.29) is 29.4 Å². The van der Waals surface area contributed by atoms with Crippen LogP contribution in [0.4, 0.5) is 0 Å². The fourth-order valence-corrected chi connectivity index (χ4v) is 4.23. The molecular weight excluding hydrogens is 294 g/mol. The van der Waals surface area contributed by atoms with Crippen LogP contribution in [0, 0.1) is 5.92 Å². The first-order valence-corrected chi connectivity index (χ1v) is 9.06. The molecule has 3 atom stereocenters. The first-order chi connectivity index (χ1) is 9.87. The molecule has 0 unspecified atom stereocenters. The topological polar surface area (TPSA) is 89.5 Å². The van der Waals surface area contributed by atoms with Crippen molar-refractivity contribution in [1.29, 1.82) is 0 Å². The number of allylic oxidation sites excluding steroid dienone is 2. The van der Waals surface area contributed by atoms with Crippen molar-refractivity contribution in [1.82, 2.24) is 5.32 Å². The van der Waals surface area contributed by atoms with Crippen LogP contribution in [0.15, 0.2) is 12.2 Å². The minimum absolute atomic E-state index is 0.0349. The van der Waals surface area contributed by atoms with Gasteiger partial charge in [-0.2, -0.15) is 0 Å². The van der Waals surface area contributed by atoms with Crippen LogP contribution in [0.1, 0.15) is 32.6 Å². The third-order valence-electron chi connectivity index (χ3n) is 3.84. The Bertz CT molecular complexity index is 540. The van der Waals surface area contributed by atoms with Gasteiger partial charge >= 0.3 is 5.97 Å². The van der Waals surface area contributed by atoms with Crippen LogP contribution in [0.3, 0.4) is 0 Å². The molecule has 1 saturated heterocycles. The number of hydrogen-bond acceptors (Lipinski definition) is 5. The summed E-state index contributed by atoms with van der Waals surface area (Å²) < 4.78 is 27.8. The van der Waals surface area contributed by atoms with Crippen LogP contribution < -0.4 is 5.32 Å². The smallest absolute Gasteiger partial charge is 0.310 e. The van der Waals surface area contributed by atoms with E-state index in [9.17, 15) is 18.0 Å². The van der Waals surface area contributed by atoms with Crippen molar-refractivity contribution in [3.05, 3.63) is 12.2 Å². The number of esters is 1. The second kappa shape index (κ2) is 6.60. The molecule has 1 amide bonds. The van der Waals surface area contributed by atoms with E-state index in [1.807, 2.05) is 12.2 Å². The maximum Gasteiger partial charge on any atom is 0.310 e. The van der Waals surface area contributed by atoms with E-state index in [1.54, 1.807) is 0 Å². The van der Waals surface area contributed by atoms with Crippen molar-refractivity contribution >= 4 is 21.7 Å². The van der Waals surface area contributed by atoms with E-state index in [0.29, 0.717) is 12.8 Å². The molecule has 1 heterocycles. The zero-order chi connectivity index (χ0) is 15.5. The lowest BCUT2D eigenvalue weighted by molar-refractivity contribution is -0.159. The van der Waals surface area contributed by atoms with Gasteiger partial charge in [-0.25, -0.2) is 8.42 Å². The molecule has 6 nitrogen and oxygen atoms in total. The van der Waals surface area contributed by atoms with E-state index >= 15 is 0 Å². The highest BCUT2D eigenvalue weighted by Gasteiger charge is 2.31. The number of hydrogen-bond donors (Lipinski definition) is 1. The van der Waals surface area contributed by atoms with E-state index in [2.05, 4.69) is 5.32 Å². The minimum atomic E-state index is -3.04. The maximum atomic E-state index is 11.9. The number of amides is 1. The normalized spacial score (nSPS) is 28.8. The van der Waals surface area contributed by atoms with Gasteiger partial charge < -0.3 is 10.1 Å². The zero-order valence-corrected chi connectivity index (χ0v) is 12.9. The number of ether oxygens (including phenoxy) is 1. The molecule has 7 heteroatoms. The summed E-state index contributed by atoms with van der Waals surface area (Å²) in [5.41, 5.74) is 0. The Labute approximate surface area is 124 Å². The highest BCUT2D eigenvalue weighted by Crippen LogP contribution is 2.20. The molecule has 1 fully saturated rings. The third kappa shape index (κ3) is 4.56. The average Bonchev–Trinajstić information content (AvgIpc) is 2.78. The van der Waals surface area contributed by atoms with Crippen LogP contribution >= 0.6 is 0 Å². The number of rotatable bonds is 4. The molecule has 2 rings (SSSR count). The number of carbonyl (C=O) groups excluding carboxylic acids is 2. The fourth-order valence-electron chi connectivity index (χ4n) is 2.56. The Morgan fingerprint density at radius 2 is 2.05 bits per heavy atom. The van der Waals surface area contributed by atoms with Gasteiger partial charge in [0.05, 0.1) is 17.4 Å². The SMILES string of the molecule is C[C@@H](OC(=O)[C@H]1CC=CCC1)C(=O)N[C@@H]1CCS(=O)(=O)C1. The van der Waals surface area contributed by atoms with Gasteiger partial charge in [-0.05, 0) is 32.6 Å². The summed E-state index contributed by atoms with van der Waals surface area (Å²) in [6, 6.07) is -0.374. The summed E-state index contributed by atoms with van der Waals surface area (Å²) in [7, 11) is -3.04. The maximum absolute atomic E-state index is 11.9. The molecule has 0 bridgehead atoms. The second-order valence-electron chi connectivity index (χ2n) is 5.67. The molecule has 0 aromatic rings. The van der Waals surface area contributed by atoms with Gasteiger partial charge in [0.2, 0.25) is 0 Å². The monoisotopic (exact) mass is 315 g/mol. The van der Waals surface area contributed by atoms with Gasteiger partial charge in [-0.15, -0.1) is 0 Å². The Morgan fingerprint density at radius 3 is 2.62 bits per heavy atom. The quantitative estimate of drug-likeness (QED) is 0.605. The predicted octanol–water partition coefficient (Wildman–Crippen LogP) is 0.578. The van der Waals surface area contributed by atoms with E-state index in [0.717, 1.165) is 12.8 Å². The summed E-state index contributed by atoms with van der Waals surface area (Å²) in [5, 5.41) is 2.63. The van der Waals surface area contributed by atoms with Gasteiger partial charge in [-0.1, -0.05) is 12.2 Å². The van der Waals surface area contributed by atoms with Gasteiger partial charge in [0, 0.05) is 6.04 Å². The van der Waals surface area contributed by atoms with Crippen LogP contribution in [-0.4, -0.2) is 43.9 Å². The minimum Gasteiger partial charge on any atom is -0.452 e. The first-order valence-electron chi connectivity index (χ1n) is 7.23. The summed E-state index contributed by atoms with van der Waals surface area (Å²) in [6.07, 6.45) is 5.73. The van der Waals surface area contributed by atoms with Crippen LogP contribution in [0.25, 0.3) is 0 Å². The van der Waals surface area contributed by atoms with E-state index < -0.39 is 21.8 Å². The van der Waals surface area contributed by atoms with Crippen molar-refractivity contribution < 1.29 is 22.7 Å². The summed E-state index contributed by atoms with van der Waals surface area (Å²) in [4.78, 5) is 23.9. The van der Waals surface area contributed by atoms with Crippen molar-refractivity contribution in [3.8, 4) is 0 Å². The van der Waals surface area contributed by atoms with Gasteiger partial charge in [0.15, 0.2) is 15.9 Å². The van der Waals surface area contributed by atoms with Gasteiger partial charge in [0.1, 0.15) is 0 Å². The summed E-state index contributed by atoms with van der Waals surface area (Å²) in [5.74, 6) is -0.914. The van der Waals surface area contributed by atoms with Crippen LogP contribution in [0.5, 0.6) is 0 Å². The molecule has 0 saturated carbocycles. The third-order valence-corrected chi connectivity index (χ3v) is 5.61. The Balaban J connectivity index is 1.79. The highest BCUT2D eigenvalue weighted by molar-refractivity contribution is 7.91. The lowest BCUT2D eigenvalue weighted by Gasteiger charge is -2.20. The molecular formula is C14H21NO5S. The summed E-state index contributed by atoms with van der Waals surface area (Å²) >= 11 is 0. The first kappa shape index (κ1) is 16.0. The van der Waals surface area contributed by atoms with Gasteiger partial charge in [0.25, 0.3) is 5.91 Å². The molecule has 1 aliphatic heterocycles. The second-order valence-corrected chi connectivity index (χ2v) is 7.90. The van der Waals surface area contributed by atoms with Crippen molar-refractivity contribution in [2.45, 2.75) is 44.8 Å². The van der Waals surface area contributed by atoms with Crippen molar-refractivity contribution in [2.75, 3.05) is 11.5 Å². The molecule has 0 spiro atoms. The molecule has 0 aromatic carbocycles. The number of carbonyl (C=O) groups is 2. The van der Waals surface area contributed by atoms with Crippen molar-refractivity contribution in [3.63, 3.8) is 0 Å². The molecule has 1 aliphatic carbocycles. The van der Waals surface area contributed by atoms with Crippen molar-refractivity contribution in [2.24, 2.45) is 5.92 Å². The predicted molar refractivity (Wildman–Crippen MR) is 77.2 cm³/mol. The van der Waals surface area contributed by atoms with Crippen LogP contribution in [0.2, 0.25) is 0 Å². The summed E-state index contributed by atoms with van der Waals surface area (Å²) in [6.45, 7) is 1.51. The lowest BCUT2D eigenvalue weighted by Crippen LogP contribution is -2.43. The number of nitrogens with one attached hydrogen (secondary N) is 1. The molecule has 118 valence electrons. The van der Waals surface area contributed by atoms with Gasteiger partial charge in [-0.3, -0.25) is 9.59 Å². The van der Waals surface area contributed by atoms with E-state index in [4.69, 9.17) is 4.74 Å². The highest BCUT2D eigenvalue weighted by atomic mass is 32.2. The Hall–Kier alpha value is -1.37. The lowest BCUT2D eigenvalue weighted by atomic mass is 9.95. The Kier molecular flexibility index (Phi) is 5.03. The molecule has 21 heavy (non-hydrogen) atoms. The Morgan fingerprint density at radius 1 is 1.29 bits per heavy atom. The van der Waals surface area contributed by atoms with Crippen LogP contribution in [-0.2, 0) is 24.2 Å². The molecule has 1 N–H and O–H groups in total. The van der Waals surface area contributed by atoms with E-state index in [1.165, 1.54) is 6.92 Å². The molecule has 0 radical (unpaired) electrons. The molecule has 0 aromatic heterocycles. The average molecular weight is 315 g/mol. The largest absolute Gasteiger partial charge is 0.452 e. The zero-order valence-electron chi connectivity index (χ0n) is 12.1. The number of sulfone groups is 1.